The van der Waals surface area contributed by atoms with Crippen LogP contribution in [-0.4, -0.2) is 4.98 Å². The van der Waals surface area contributed by atoms with E-state index < -0.39 is 0 Å². The number of hydrogen-bond donors (Lipinski definition) is 0. The van der Waals surface area contributed by atoms with E-state index in [0.29, 0.717) is 0 Å². The first-order valence-corrected chi connectivity index (χ1v) is 17.9. The zero-order valence-corrected chi connectivity index (χ0v) is 28.8. The smallest absolute Gasteiger partial charge is 0.0645 e. The molecule has 1 heterocycles. The van der Waals surface area contributed by atoms with Crippen molar-refractivity contribution in [3.8, 4) is 55.6 Å². The summed E-state index contributed by atoms with van der Waals surface area (Å²) in [6.07, 6.45) is 3.77. The highest BCUT2D eigenvalue weighted by molar-refractivity contribution is 6.28. The van der Waals surface area contributed by atoms with Crippen molar-refractivity contribution in [2.75, 3.05) is 4.90 Å². The second-order valence-corrected chi connectivity index (χ2v) is 13.5. The van der Waals surface area contributed by atoms with Crippen molar-refractivity contribution >= 4 is 38.6 Å². The lowest BCUT2D eigenvalue weighted by Gasteiger charge is -2.27. The van der Waals surface area contributed by atoms with Crippen molar-refractivity contribution in [2.24, 2.45) is 0 Å². The van der Waals surface area contributed by atoms with Gasteiger partial charge in [0, 0.05) is 17.6 Å². The molecule has 2 heteroatoms. The van der Waals surface area contributed by atoms with E-state index in [1.807, 2.05) is 18.5 Å². The topological polar surface area (TPSA) is 16.1 Å². The maximum absolute atomic E-state index is 4.49. The van der Waals surface area contributed by atoms with Crippen LogP contribution in [0.15, 0.2) is 188 Å². The van der Waals surface area contributed by atoms with Crippen LogP contribution in [0.1, 0.15) is 5.56 Å². The van der Waals surface area contributed by atoms with E-state index in [9.17, 15) is 0 Å². The van der Waals surface area contributed by atoms with Crippen molar-refractivity contribution in [3.05, 3.63) is 194 Å². The molecular weight excluding hydrogens is 629 g/mol. The molecule has 0 saturated carbocycles. The largest absolute Gasteiger partial charge is 0.309 e. The third-order valence-electron chi connectivity index (χ3n) is 10.6. The van der Waals surface area contributed by atoms with Gasteiger partial charge in [0.05, 0.1) is 11.9 Å². The second kappa shape index (κ2) is 12.2. The van der Waals surface area contributed by atoms with Crippen molar-refractivity contribution in [2.45, 2.75) is 6.92 Å². The summed E-state index contributed by atoms with van der Waals surface area (Å²) in [5.74, 6) is 0. The molecular formula is C50H34N2. The average Bonchev–Trinajstić information content (AvgIpc) is 3.54. The average molecular weight is 663 g/mol. The molecule has 0 saturated heterocycles. The number of benzene rings is 8. The molecule has 9 aromatic rings. The molecule has 52 heavy (non-hydrogen) atoms. The first-order valence-electron chi connectivity index (χ1n) is 17.9. The Morgan fingerprint density at radius 1 is 0.404 bits per heavy atom. The predicted octanol–water partition coefficient (Wildman–Crippen LogP) is 13.8. The third kappa shape index (κ3) is 4.69. The van der Waals surface area contributed by atoms with Crippen LogP contribution in [0.4, 0.5) is 17.1 Å². The van der Waals surface area contributed by atoms with Crippen LogP contribution in [-0.2, 0) is 0 Å². The molecule has 0 bridgehead atoms. The third-order valence-corrected chi connectivity index (χ3v) is 10.6. The van der Waals surface area contributed by atoms with Gasteiger partial charge in [0.2, 0.25) is 0 Å². The molecule has 244 valence electrons. The molecule has 0 fully saturated rings. The molecule has 0 radical (unpaired) electrons. The number of fused-ring (bicyclic) bond motifs is 4. The van der Waals surface area contributed by atoms with Crippen LogP contribution in [0.2, 0.25) is 0 Å². The Morgan fingerprint density at radius 2 is 0.962 bits per heavy atom. The van der Waals surface area contributed by atoms with Crippen LogP contribution < -0.4 is 4.90 Å². The molecule has 10 rings (SSSR count). The molecule has 0 spiro atoms. The Labute approximate surface area is 303 Å². The fourth-order valence-corrected chi connectivity index (χ4v) is 8.40. The Balaban J connectivity index is 1.24. The van der Waals surface area contributed by atoms with Gasteiger partial charge in [-0.15, -0.1) is 0 Å². The number of nitrogens with zero attached hydrogens (tertiary/aromatic N) is 2. The maximum atomic E-state index is 4.49. The minimum absolute atomic E-state index is 1.03. The fourth-order valence-electron chi connectivity index (χ4n) is 8.40. The number of hydrogen-bond acceptors (Lipinski definition) is 2. The van der Waals surface area contributed by atoms with Gasteiger partial charge in [0.25, 0.3) is 0 Å². The summed E-state index contributed by atoms with van der Waals surface area (Å²) >= 11 is 0. The summed E-state index contributed by atoms with van der Waals surface area (Å²) in [5, 5.41) is 5.12. The van der Waals surface area contributed by atoms with Gasteiger partial charge in [0.1, 0.15) is 0 Å². The Hall–Kier alpha value is -6.77. The number of para-hydroxylation sites is 1. The van der Waals surface area contributed by atoms with Gasteiger partial charge in [-0.2, -0.15) is 0 Å². The maximum Gasteiger partial charge on any atom is 0.0645 e. The molecule has 0 amide bonds. The first-order chi connectivity index (χ1) is 25.8. The Kier molecular flexibility index (Phi) is 7.07. The molecule has 1 aromatic heterocycles. The van der Waals surface area contributed by atoms with Gasteiger partial charge in [-0.05, 0) is 120 Å². The molecule has 1 aliphatic carbocycles. The van der Waals surface area contributed by atoms with Gasteiger partial charge < -0.3 is 4.90 Å². The lowest BCUT2D eigenvalue weighted by Crippen LogP contribution is -2.11. The standard InChI is InChI=1S/C50H34N2/c1-33-15-8-11-27-45(33)52(38-22-14-30-51-32-38)37-21-12-20-36(31-37)39-28-29-44-48-40(39)25-13-26-43(48)49-46(34-16-4-2-5-17-34)41-23-9-10-24-42(41)47(50(44)49)35-18-6-3-7-19-35/h2-32H,1H3. The summed E-state index contributed by atoms with van der Waals surface area (Å²) in [6.45, 7) is 2.17. The molecule has 0 atom stereocenters. The highest BCUT2D eigenvalue weighted by Gasteiger charge is 2.31. The fraction of sp³-hybridized carbons (Fsp3) is 0.0200. The normalized spacial score (nSPS) is 11.6. The molecule has 0 unspecified atom stereocenters. The van der Waals surface area contributed by atoms with E-state index in [-0.39, 0.29) is 0 Å². The highest BCUT2D eigenvalue weighted by atomic mass is 15.1. The van der Waals surface area contributed by atoms with E-state index in [1.54, 1.807) is 0 Å². The second-order valence-electron chi connectivity index (χ2n) is 13.5. The van der Waals surface area contributed by atoms with Crippen molar-refractivity contribution in [1.29, 1.82) is 0 Å². The predicted molar refractivity (Wildman–Crippen MR) is 219 cm³/mol. The molecule has 0 N–H and O–H groups in total. The van der Waals surface area contributed by atoms with Crippen molar-refractivity contribution in [1.82, 2.24) is 4.98 Å². The lowest BCUT2D eigenvalue weighted by molar-refractivity contribution is 1.21. The molecule has 8 aromatic carbocycles. The van der Waals surface area contributed by atoms with Crippen LogP contribution in [0.5, 0.6) is 0 Å². The van der Waals surface area contributed by atoms with Gasteiger partial charge in [-0.3, -0.25) is 4.98 Å². The summed E-state index contributed by atoms with van der Waals surface area (Å²) < 4.78 is 0. The van der Waals surface area contributed by atoms with Crippen LogP contribution in [0, 0.1) is 6.92 Å². The first kappa shape index (κ1) is 30.1. The van der Waals surface area contributed by atoms with E-state index >= 15 is 0 Å². The summed E-state index contributed by atoms with van der Waals surface area (Å²) in [6, 6.07) is 64.0. The van der Waals surface area contributed by atoms with E-state index in [2.05, 4.69) is 187 Å². The van der Waals surface area contributed by atoms with Gasteiger partial charge >= 0.3 is 0 Å². The van der Waals surface area contributed by atoms with Gasteiger partial charge in [0.15, 0.2) is 0 Å². The quantitative estimate of drug-likeness (QED) is 0.176. The Bertz CT molecular complexity index is 2690. The van der Waals surface area contributed by atoms with Crippen LogP contribution >= 0.6 is 0 Å². The van der Waals surface area contributed by atoms with Crippen LogP contribution in [0.3, 0.4) is 0 Å². The number of aromatic nitrogens is 1. The molecule has 0 aliphatic heterocycles. The monoisotopic (exact) mass is 662 g/mol. The highest BCUT2D eigenvalue weighted by Crippen LogP contribution is 2.58. The summed E-state index contributed by atoms with van der Waals surface area (Å²) in [7, 11) is 0. The zero-order valence-electron chi connectivity index (χ0n) is 28.8. The minimum Gasteiger partial charge on any atom is -0.309 e. The van der Waals surface area contributed by atoms with E-state index in [4.69, 9.17) is 0 Å². The van der Waals surface area contributed by atoms with Crippen molar-refractivity contribution in [3.63, 3.8) is 0 Å². The number of aryl methyl sites for hydroxylation is 1. The number of rotatable bonds is 6. The number of pyridine rings is 1. The van der Waals surface area contributed by atoms with Gasteiger partial charge in [-0.1, -0.05) is 146 Å². The molecule has 1 aliphatic rings. The summed E-state index contributed by atoms with van der Waals surface area (Å²) in [4.78, 5) is 6.80. The summed E-state index contributed by atoms with van der Waals surface area (Å²) in [5.41, 5.74) is 17.1. The lowest BCUT2D eigenvalue weighted by atomic mass is 9.82. The molecule has 2 nitrogen and oxygen atoms in total. The van der Waals surface area contributed by atoms with Crippen LogP contribution in [0.25, 0.3) is 77.2 Å². The van der Waals surface area contributed by atoms with E-state index in [1.165, 1.54) is 82.7 Å². The van der Waals surface area contributed by atoms with E-state index in [0.717, 1.165) is 17.1 Å². The zero-order chi connectivity index (χ0) is 34.6. The minimum atomic E-state index is 1.03. The number of anilines is 3. The van der Waals surface area contributed by atoms with Gasteiger partial charge in [-0.25, -0.2) is 0 Å². The SMILES string of the molecule is Cc1ccccc1N(c1cccnc1)c1cccc(-c2ccc3c4c(cccc24)-c2c-3c(-c3ccccc3)c3ccccc3c2-c2ccccc2)c1. The Morgan fingerprint density at radius 3 is 1.63 bits per heavy atom. The van der Waals surface area contributed by atoms with Crippen molar-refractivity contribution < 1.29 is 0 Å².